The number of hydrogen-bond donors (Lipinski definition) is 2. The van der Waals surface area contributed by atoms with Crippen molar-refractivity contribution in [2.45, 2.75) is 39.3 Å². The number of nitrogens with zero attached hydrogens (tertiary/aromatic N) is 3. The fraction of sp³-hybridized carbons (Fsp3) is 0.429. The number of fused-ring (bicyclic) bond motifs is 1. The third kappa shape index (κ3) is 3.72. The lowest BCUT2D eigenvalue weighted by molar-refractivity contribution is 0.198. The molecule has 0 saturated carbocycles. The summed E-state index contributed by atoms with van der Waals surface area (Å²) in [7, 11) is 0. The molecule has 1 unspecified atom stereocenters. The normalized spacial score (nSPS) is 18.0. The third-order valence-electron chi connectivity index (χ3n) is 5.55. The Labute approximate surface area is 163 Å². The van der Waals surface area contributed by atoms with E-state index in [1.807, 2.05) is 13.0 Å². The predicted octanol–water partition coefficient (Wildman–Crippen LogP) is 2.74. The second-order valence-corrected chi connectivity index (χ2v) is 7.47. The van der Waals surface area contributed by atoms with Gasteiger partial charge in [0.2, 0.25) is 0 Å². The maximum absolute atomic E-state index is 13.2. The van der Waals surface area contributed by atoms with E-state index in [9.17, 15) is 9.18 Å². The van der Waals surface area contributed by atoms with Gasteiger partial charge >= 0.3 is 0 Å². The number of likely N-dealkylation sites (tertiary alicyclic amines) is 1. The van der Waals surface area contributed by atoms with Gasteiger partial charge in [0.05, 0.1) is 11.4 Å². The number of aromatic nitrogens is 3. The Kier molecular flexibility index (Phi) is 5.28. The Bertz CT molecular complexity index is 1020. The lowest BCUT2D eigenvalue weighted by Crippen LogP contribution is -2.45. The molecule has 2 aromatic heterocycles. The van der Waals surface area contributed by atoms with Crippen LogP contribution in [0.2, 0.25) is 0 Å². The molecule has 2 N–H and O–H groups in total. The second kappa shape index (κ2) is 7.85. The van der Waals surface area contributed by atoms with Crippen LogP contribution in [0.1, 0.15) is 31.0 Å². The van der Waals surface area contributed by atoms with Crippen molar-refractivity contribution in [1.29, 1.82) is 0 Å². The van der Waals surface area contributed by atoms with E-state index in [0.717, 1.165) is 37.1 Å². The lowest BCUT2D eigenvalue weighted by Gasteiger charge is -2.32. The van der Waals surface area contributed by atoms with Crippen molar-refractivity contribution in [1.82, 2.24) is 25.0 Å². The van der Waals surface area contributed by atoms with Crippen LogP contribution < -0.4 is 10.9 Å². The molecular weight excluding hydrogens is 357 g/mol. The van der Waals surface area contributed by atoms with Gasteiger partial charge in [0.25, 0.3) is 5.56 Å². The van der Waals surface area contributed by atoms with Gasteiger partial charge in [-0.25, -0.2) is 9.07 Å². The minimum absolute atomic E-state index is 0.119. The van der Waals surface area contributed by atoms with E-state index in [4.69, 9.17) is 0 Å². The van der Waals surface area contributed by atoms with Crippen LogP contribution in [0.5, 0.6) is 0 Å². The highest BCUT2D eigenvalue weighted by Crippen LogP contribution is 2.20. The first-order valence-corrected chi connectivity index (χ1v) is 9.88. The van der Waals surface area contributed by atoms with Crippen molar-refractivity contribution in [2.24, 2.45) is 0 Å². The fourth-order valence-electron chi connectivity index (χ4n) is 3.92. The maximum Gasteiger partial charge on any atom is 0.254 e. The number of rotatable bonds is 5. The summed E-state index contributed by atoms with van der Waals surface area (Å²) in [5.41, 5.74) is 2.76. The van der Waals surface area contributed by atoms with Crippen LogP contribution in [0.4, 0.5) is 4.39 Å². The number of benzene rings is 1. The Morgan fingerprint density at radius 3 is 2.86 bits per heavy atom. The zero-order valence-corrected chi connectivity index (χ0v) is 16.3. The summed E-state index contributed by atoms with van der Waals surface area (Å²) in [6.07, 6.45) is 2.32. The number of piperidine rings is 1. The zero-order chi connectivity index (χ0) is 19.7. The van der Waals surface area contributed by atoms with Gasteiger partial charge in [-0.2, -0.15) is 5.10 Å². The Balaban J connectivity index is 1.59. The first kappa shape index (κ1) is 18.8. The van der Waals surface area contributed by atoms with Gasteiger partial charge in [0.15, 0.2) is 0 Å². The van der Waals surface area contributed by atoms with E-state index in [1.54, 1.807) is 16.8 Å². The van der Waals surface area contributed by atoms with Crippen LogP contribution in [0, 0.1) is 12.7 Å². The molecule has 7 heteroatoms. The summed E-state index contributed by atoms with van der Waals surface area (Å²) in [4.78, 5) is 18.1. The molecule has 1 aromatic carbocycles. The van der Waals surface area contributed by atoms with Crippen LogP contribution in [0.3, 0.4) is 0 Å². The summed E-state index contributed by atoms with van der Waals surface area (Å²) in [5.74, 6) is -0.303. The molecule has 0 aliphatic carbocycles. The number of halogens is 1. The van der Waals surface area contributed by atoms with Crippen LogP contribution >= 0.6 is 0 Å². The topological polar surface area (TPSA) is 66.0 Å². The van der Waals surface area contributed by atoms with Gasteiger partial charge in [-0.3, -0.25) is 4.79 Å². The van der Waals surface area contributed by atoms with Crippen LogP contribution in [-0.2, 0) is 6.54 Å². The molecule has 148 valence electrons. The molecule has 1 saturated heterocycles. The van der Waals surface area contributed by atoms with Crippen molar-refractivity contribution >= 4 is 11.0 Å². The molecule has 1 fully saturated rings. The van der Waals surface area contributed by atoms with E-state index < -0.39 is 0 Å². The first-order valence-electron chi connectivity index (χ1n) is 9.88. The summed E-state index contributed by atoms with van der Waals surface area (Å²) < 4.78 is 14.9. The number of hydrogen-bond acceptors (Lipinski definition) is 4. The fourth-order valence-corrected chi connectivity index (χ4v) is 3.92. The summed E-state index contributed by atoms with van der Waals surface area (Å²) in [6, 6.07) is 8.40. The zero-order valence-electron chi connectivity index (χ0n) is 16.3. The molecule has 3 heterocycles. The highest BCUT2D eigenvalue weighted by molar-refractivity contribution is 5.80. The Morgan fingerprint density at radius 2 is 2.11 bits per heavy atom. The molecule has 1 aliphatic rings. The second-order valence-electron chi connectivity index (χ2n) is 7.47. The third-order valence-corrected chi connectivity index (χ3v) is 5.55. The number of pyridine rings is 1. The number of H-pyrrole nitrogens is 1. The van der Waals surface area contributed by atoms with Gasteiger partial charge in [0, 0.05) is 30.1 Å². The largest absolute Gasteiger partial charge is 0.308 e. The molecule has 3 aromatic rings. The van der Waals surface area contributed by atoms with Crippen LogP contribution in [0.25, 0.3) is 16.7 Å². The van der Waals surface area contributed by atoms with E-state index in [2.05, 4.69) is 27.2 Å². The van der Waals surface area contributed by atoms with E-state index in [0.29, 0.717) is 29.5 Å². The van der Waals surface area contributed by atoms with Crippen molar-refractivity contribution < 1.29 is 4.39 Å². The van der Waals surface area contributed by atoms with Gasteiger partial charge in [-0.05, 0) is 63.2 Å². The number of aromatic amines is 1. The van der Waals surface area contributed by atoms with Gasteiger partial charge in [-0.15, -0.1) is 0 Å². The molecular formula is C21H26FN5O. The van der Waals surface area contributed by atoms with Gasteiger partial charge in [-0.1, -0.05) is 6.92 Å². The number of aryl methyl sites for hydroxylation is 1. The Hall–Kier alpha value is -2.51. The molecule has 0 radical (unpaired) electrons. The molecule has 0 amide bonds. The van der Waals surface area contributed by atoms with Crippen molar-refractivity contribution in [2.75, 3.05) is 19.6 Å². The summed E-state index contributed by atoms with van der Waals surface area (Å²) in [6.45, 7) is 7.88. The molecule has 28 heavy (non-hydrogen) atoms. The molecule has 1 atom stereocenters. The van der Waals surface area contributed by atoms with E-state index in [-0.39, 0.29) is 11.4 Å². The summed E-state index contributed by atoms with van der Waals surface area (Å²) >= 11 is 0. The molecule has 0 spiro atoms. The molecule has 4 rings (SSSR count). The summed E-state index contributed by atoms with van der Waals surface area (Å²) in [5, 5.41) is 8.98. The van der Waals surface area contributed by atoms with Crippen molar-refractivity contribution in [3.63, 3.8) is 0 Å². The first-order chi connectivity index (χ1) is 13.5. The lowest BCUT2D eigenvalue weighted by atomic mass is 10.1. The minimum Gasteiger partial charge on any atom is -0.308 e. The van der Waals surface area contributed by atoms with E-state index >= 15 is 0 Å². The SMILES string of the molecule is CCN1CCCC(NCc2cc3c(C)nn(-c4ccc(F)cc4)c3[nH]c2=O)C1. The van der Waals surface area contributed by atoms with Gasteiger partial charge < -0.3 is 15.2 Å². The number of likely N-dealkylation sites (N-methyl/N-ethyl adjacent to an activating group) is 1. The monoisotopic (exact) mass is 383 g/mol. The van der Waals surface area contributed by atoms with Crippen molar-refractivity contribution in [3.05, 3.63) is 57.8 Å². The van der Waals surface area contributed by atoms with Crippen molar-refractivity contribution in [3.8, 4) is 5.69 Å². The van der Waals surface area contributed by atoms with Crippen LogP contribution in [0.15, 0.2) is 35.1 Å². The molecule has 0 bridgehead atoms. The maximum atomic E-state index is 13.2. The highest BCUT2D eigenvalue weighted by Gasteiger charge is 2.19. The average Bonchev–Trinajstić information content (AvgIpc) is 3.02. The Morgan fingerprint density at radius 1 is 1.32 bits per heavy atom. The predicted molar refractivity (Wildman–Crippen MR) is 108 cm³/mol. The van der Waals surface area contributed by atoms with Gasteiger partial charge in [0.1, 0.15) is 11.5 Å². The molecule has 1 aliphatic heterocycles. The minimum atomic E-state index is -0.303. The highest BCUT2D eigenvalue weighted by atomic mass is 19.1. The quantitative estimate of drug-likeness (QED) is 0.711. The molecule has 6 nitrogen and oxygen atoms in total. The van der Waals surface area contributed by atoms with E-state index in [1.165, 1.54) is 18.6 Å². The smallest absolute Gasteiger partial charge is 0.254 e. The number of nitrogens with one attached hydrogen (secondary N) is 2. The average molecular weight is 383 g/mol. The van der Waals surface area contributed by atoms with Crippen LogP contribution in [-0.4, -0.2) is 45.3 Å². The standard InChI is InChI=1S/C21H26FN5O/c1-3-26-10-4-5-17(13-26)23-12-15-11-19-14(2)25-27(20(19)24-21(15)28)18-8-6-16(22)7-9-18/h6-9,11,17,23H,3-5,10,12-13H2,1-2H3,(H,24,28).